The smallest absolute Gasteiger partial charge is 0.260 e. The van der Waals surface area contributed by atoms with Gasteiger partial charge in [0.15, 0.2) is 5.13 Å². The Hall–Kier alpha value is -2.97. The van der Waals surface area contributed by atoms with Gasteiger partial charge in [0, 0.05) is 31.0 Å². The van der Waals surface area contributed by atoms with Crippen LogP contribution < -0.4 is 9.64 Å². The van der Waals surface area contributed by atoms with Gasteiger partial charge in [-0.05, 0) is 48.9 Å². The van der Waals surface area contributed by atoms with Gasteiger partial charge in [0.25, 0.3) is 5.91 Å². The molecule has 6 nitrogen and oxygen atoms in total. The zero-order chi connectivity index (χ0) is 20.2. The molecule has 0 aliphatic heterocycles. The monoisotopic (exact) mass is 446 g/mol. The van der Waals surface area contributed by atoms with Gasteiger partial charge in [0.2, 0.25) is 0 Å². The summed E-state index contributed by atoms with van der Waals surface area (Å²) in [5, 5.41) is 0.605. The van der Waals surface area contributed by atoms with Crippen LogP contribution in [0.15, 0.2) is 61.2 Å². The molecule has 0 N–H and O–H groups in total. The number of anilines is 1. The van der Waals surface area contributed by atoms with Gasteiger partial charge in [0.1, 0.15) is 11.6 Å². The van der Waals surface area contributed by atoms with E-state index in [9.17, 15) is 9.18 Å². The first-order valence-electron chi connectivity index (χ1n) is 9.12. The van der Waals surface area contributed by atoms with Crippen molar-refractivity contribution in [1.82, 2.24) is 14.5 Å². The van der Waals surface area contributed by atoms with Crippen LogP contribution in [0.2, 0.25) is 0 Å². The summed E-state index contributed by atoms with van der Waals surface area (Å²) in [5.41, 5.74) is 1.23. The summed E-state index contributed by atoms with van der Waals surface area (Å²) < 4.78 is 21.5. The van der Waals surface area contributed by atoms with Gasteiger partial charge in [-0.1, -0.05) is 11.3 Å². The second kappa shape index (κ2) is 9.69. The van der Waals surface area contributed by atoms with Crippen molar-refractivity contribution in [3.63, 3.8) is 0 Å². The summed E-state index contributed by atoms with van der Waals surface area (Å²) in [4.78, 5) is 23.5. The standard InChI is InChI=1S/C21H19FN4O2S.ClH/c1-28-17-7-8-18-19(13-17)29-21(24-18)26(11-2-10-25-12-9-23-14-25)20(27)15-3-5-16(22)6-4-15;/h3-9,12-14H,2,10-11H2,1H3;1H. The quantitative estimate of drug-likeness (QED) is 0.409. The molecule has 156 valence electrons. The Morgan fingerprint density at radius 3 is 2.73 bits per heavy atom. The van der Waals surface area contributed by atoms with E-state index in [-0.39, 0.29) is 24.1 Å². The number of imidazole rings is 1. The molecular weight excluding hydrogens is 427 g/mol. The molecule has 2 aromatic heterocycles. The Labute approximate surface area is 183 Å². The number of methoxy groups -OCH3 is 1. The predicted octanol–water partition coefficient (Wildman–Crippen LogP) is 4.80. The summed E-state index contributed by atoms with van der Waals surface area (Å²) >= 11 is 1.43. The van der Waals surface area contributed by atoms with Gasteiger partial charge in [-0.2, -0.15) is 0 Å². The number of hydrogen-bond acceptors (Lipinski definition) is 5. The fourth-order valence-corrected chi connectivity index (χ4v) is 4.02. The first kappa shape index (κ1) is 21.7. The Kier molecular flexibility index (Phi) is 7.02. The van der Waals surface area contributed by atoms with Crippen LogP contribution in [0, 0.1) is 5.82 Å². The summed E-state index contributed by atoms with van der Waals surface area (Å²) in [6, 6.07) is 11.2. The van der Waals surface area contributed by atoms with Gasteiger partial charge in [0.05, 0.1) is 23.7 Å². The van der Waals surface area contributed by atoms with Crippen molar-refractivity contribution >= 4 is 45.0 Å². The number of thiazole rings is 1. The Morgan fingerprint density at radius 1 is 1.23 bits per heavy atom. The summed E-state index contributed by atoms with van der Waals surface area (Å²) in [6.45, 7) is 1.21. The SMILES string of the molecule is COc1ccc2nc(N(CCCn3ccnc3)C(=O)c3ccc(F)cc3)sc2c1.Cl. The highest BCUT2D eigenvalue weighted by atomic mass is 35.5. The maximum Gasteiger partial charge on any atom is 0.260 e. The Balaban J connectivity index is 0.00000256. The van der Waals surface area contributed by atoms with Crippen LogP contribution in [0.4, 0.5) is 9.52 Å². The third-order valence-corrected chi connectivity index (χ3v) is 5.55. The van der Waals surface area contributed by atoms with Crippen LogP contribution in [0.1, 0.15) is 16.8 Å². The van der Waals surface area contributed by atoms with Gasteiger partial charge < -0.3 is 9.30 Å². The van der Waals surface area contributed by atoms with E-state index in [0.29, 0.717) is 17.2 Å². The van der Waals surface area contributed by atoms with Crippen molar-refractivity contribution in [3.05, 3.63) is 72.6 Å². The molecule has 9 heteroatoms. The number of fused-ring (bicyclic) bond motifs is 1. The molecule has 0 fully saturated rings. The number of nitrogens with zero attached hydrogens (tertiary/aromatic N) is 4. The maximum atomic E-state index is 13.3. The number of aromatic nitrogens is 3. The van der Waals surface area contributed by atoms with Crippen LogP contribution in [0.25, 0.3) is 10.2 Å². The number of benzene rings is 2. The third kappa shape index (κ3) is 4.77. The lowest BCUT2D eigenvalue weighted by Gasteiger charge is -2.20. The topological polar surface area (TPSA) is 60.2 Å². The fourth-order valence-electron chi connectivity index (χ4n) is 3.00. The first-order chi connectivity index (χ1) is 14.1. The molecule has 0 unspecified atom stereocenters. The van der Waals surface area contributed by atoms with Crippen molar-refractivity contribution in [2.24, 2.45) is 0 Å². The molecule has 0 bridgehead atoms. The Morgan fingerprint density at radius 2 is 2.03 bits per heavy atom. The predicted molar refractivity (Wildman–Crippen MR) is 118 cm³/mol. The molecule has 0 aliphatic rings. The van der Waals surface area contributed by atoms with Gasteiger partial charge in [-0.15, -0.1) is 12.4 Å². The van der Waals surface area contributed by atoms with Gasteiger partial charge in [-0.3, -0.25) is 9.69 Å². The lowest BCUT2D eigenvalue weighted by atomic mass is 10.2. The lowest BCUT2D eigenvalue weighted by Crippen LogP contribution is -2.32. The largest absolute Gasteiger partial charge is 0.497 e. The second-order valence-electron chi connectivity index (χ2n) is 6.45. The van der Waals surface area contributed by atoms with Crippen LogP contribution in [0.3, 0.4) is 0 Å². The molecule has 2 heterocycles. The van der Waals surface area contributed by atoms with Crippen LogP contribution in [-0.2, 0) is 6.54 Å². The molecule has 4 rings (SSSR count). The summed E-state index contributed by atoms with van der Waals surface area (Å²) in [6.07, 6.45) is 6.08. The average molecular weight is 447 g/mol. The summed E-state index contributed by atoms with van der Waals surface area (Å²) in [7, 11) is 1.61. The molecule has 0 aliphatic carbocycles. The van der Waals surface area contributed by atoms with E-state index in [2.05, 4.69) is 9.97 Å². The molecule has 2 aromatic carbocycles. The van der Waals surface area contributed by atoms with Crippen LogP contribution in [0.5, 0.6) is 5.75 Å². The number of aryl methyl sites for hydroxylation is 1. The van der Waals surface area contributed by atoms with Crippen LogP contribution in [-0.4, -0.2) is 34.1 Å². The van der Waals surface area contributed by atoms with E-state index in [1.807, 2.05) is 29.0 Å². The third-order valence-electron chi connectivity index (χ3n) is 4.51. The zero-order valence-electron chi connectivity index (χ0n) is 16.2. The van der Waals surface area contributed by atoms with E-state index in [0.717, 1.165) is 28.9 Å². The normalized spacial score (nSPS) is 10.6. The highest BCUT2D eigenvalue weighted by Gasteiger charge is 2.21. The lowest BCUT2D eigenvalue weighted by molar-refractivity contribution is 0.0986. The number of ether oxygens (including phenoxy) is 1. The van der Waals surface area contributed by atoms with E-state index >= 15 is 0 Å². The molecule has 0 atom stereocenters. The first-order valence-corrected chi connectivity index (χ1v) is 9.93. The number of carbonyl (C=O) groups is 1. The number of amides is 1. The number of hydrogen-bond donors (Lipinski definition) is 0. The van der Waals surface area contributed by atoms with E-state index in [1.165, 1.54) is 35.6 Å². The van der Waals surface area contributed by atoms with E-state index < -0.39 is 0 Å². The molecule has 0 saturated heterocycles. The van der Waals surface area contributed by atoms with Crippen LogP contribution >= 0.6 is 23.7 Å². The second-order valence-corrected chi connectivity index (χ2v) is 7.46. The number of halogens is 2. The van der Waals surface area contributed by atoms with Gasteiger partial charge in [-0.25, -0.2) is 14.4 Å². The number of rotatable bonds is 7. The highest BCUT2D eigenvalue weighted by molar-refractivity contribution is 7.22. The van der Waals surface area contributed by atoms with Crippen molar-refractivity contribution < 1.29 is 13.9 Å². The maximum absolute atomic E-state index is 13.3. The minimum atomic E-state index is -0.375. The molecule has 1 amide bonds. The molecule has 4 aromatic rings. The van der Waals surface area contributed by atoms with Crippen molar-refractivity contribution in [2.75, 3.05) is 18.6 Å². The molecule has 0 radical (unpaired) electrons. The minimum absolute atomic E-state index is 0. The average Bonchev–Trinajstić information content (AvgIpc) is 3.40. The molecule has 0 saturated carbocycles. The fraction of sp³-hybridized carbons (Fsp3) is 0.190. The van der Waals surface area contributed by atoms with Crippen molar-refractivity contribution in [2.45, 2.75) is 13.0 Å². The Bertz CT molecular complexity index is 1120. The molecular formula is C21H20ClFN4O2S. The van der Waals surface area contributed by atoms with E-state index in [4.69, 9.17) is 4.74 Å². The highest BCUT2D eigenvalue weighted by Crippen LogP contribution is 2.32. The molecule has 30 heavy (non-hydrogen) atoms. The van der Waals surface area contributed by atoms with Crippen molar-refractivity contribution in [3.8, 4) is 5.75 Å². The summed E-state index contributed by atoms with van der Waals surface area (Å²) in [5.74, 6) is 0.158. The van der Waals surface area contributed by atoms with Gasteiger partial charge >= 0.3 is 0 Å². The number of carbonyl (C=O) groups excluding carboxylic acids is 1. The van der Waals surface area contributed by atoms with Crippen molar-refractivity contribution in [1.29, 1.82) is 0 Å². The zero-order valence-corrected chi connectivity index (χ0v) is 17.8. The molecule has 0 spiro atoms. The van der Waals surface area contributed by atoms with E-state index in [1.54, 1.807) is 24.5 Å². The minimum Gasteiger partial charge on any atom is -0.497 e.